The number of hydrogen-bond donors (Lipinski definition) is 1. The lowest BCUT2D eigenvalue weighted by Crippen LogP contribution is -2.21. The van der Waals surface area contributed by atoms with Crippen LogP contribution >= 0.6 is 0 Å². The topological polar surface area (TPSA) is 26.2 Å². The Morgan fingerprint density at radius 1 is 1.25 bits per heavy atom. The summed E-state index contributed by atoms with van der Waals surface area (Å²) in [5, 5.41) is 4.78. The predicted octanol–water partition coefficient (Wildman–Crippen LogP) is 3.57. The second kappa shape index (κ2) is 7.46. The molecule has 1 N–H and O–H groups in total. The Labute approximate surface area is 121 Å². The Morgan fingerprint density at radius 2 is 2.10 bits per heavy atom. The largest absolute Gasteiger partial charge is 0.382 e. The summed E-state index contributed by atoms with van der Waals surface area (Å²) in [4.78, 5) is 0. The first kappa shape index (κ1) is 15.1. The van der Waals surface area contributed by atoms with Gasteiger partial charge in [0.2, 0.25) is 0 Å². The molecule has 110 valence electrons. The third-order valence-corrected chi connectivity index (χ3v) is 3.44. The van der Waals surface area contributed by atoms with Crippen LogP contribution in [0.15, 0.2) is 30.5 Å². The summed E-state index contributed by atoms with van der Waals surface area (Å²) in [5.74, 6) is 0. The van der Waals surface area contributed by atoms with Crippen molar-refractivity contribution < 1.29 is 4.74 Å². The van der Waals surface area contributed by atoms with E-state index < -0.39 is 0 Å². The van der Waals surface area contributed by atoms with E-state index in [2.05, 4.69) is 54.2 Å². The Bertz CT molecular complexity index is 531. The van der Waals surface area contributed by atoms with E-state index in [4.69, 9.17) is 4.74 Å². The third kappa shape index (κ3) is 4.09. The van der Waals surface area contributed by atoms with Gasteiger partial charge in [0.05, 0.1) is 0 Å². The van der Waals surface area contributed by atoms with Gasteiger partial charge in [0, 0.05) is 44.1 Å². The van der Waals surface area contributed by atoms with Crippen LogP contribution in [-0.4, -0.2) is 23.8 Å². The highest BCUT2D eigenvalue weighted by Gasteiger charge is 2.03. The van der Waals surface area contributed by atoms with Crippen molar-refractivity contribution in [3.8, 4) is 0 Å². The Kier molecular flexibility index (Phi) is 5.62. The molecule has 0 bridgehead atoms. The smallest absolute Gasteiger partial charge is 0.0483 e. The average Bonchev–Trinajstić information content (AvgIpc) is 2.84. The van der Waals surface area contributed by atoms with Gasteiger partial charge in [0.15, 0.2) is 0 Å². The van der Waals surface area contributed by atoms with Crippen molar-refractivity contribution in [2.45, 2.75) is 46.3 Å². The maximum atomic E-state index is 5.41. The lowest BCUT2D eigenvalue weighted by molar-refractivity contribution is 0.142. The van der Waals surface area contributed by atoms with E-state index in [1.54, 1.807) is 0 Å². The van der Waals surface area contributed by atoms with Gasteiger partial charge in [-0.2, -0.15) is 0 Å². The molecule has 1 aromatic heterocycles. The normalized spacial score (nSPS) is 11.6. The molecule has 0 aliphatic rings. The van der Waals surface area contributed by atoms with E-state index in [0.717, 1.165) is 32.7 Å². The molecule has 0 aliphatic heterocycles. The van der Waals surface area contributed by atoms with Gasteiger partial charge in [-0.15, -0.1) is 0 Å². The molecule has 0 saturated heterocycles. The lowest BCUT2D eigenvalue weighted by atomic mass is 10.1. The third-order valence-electron chi connectivity index (χ3n) is 3.44. The first-order valence-corrected chi connectivity index (χ1v) is 7.59. The van der Waals surface area contributed by atoms with Crippen molar-refractivity contribution in [2.24, 2.45) is 0 Å². The zero-order valence-electron chi connectivity index (χ0n) is 12.9. The second-order valence-corrected chi connectivity index (χ2v) is 5.49. The molecule has 0 spiro atoms. The summed E-state index contributed by atoms with van der Waals surface area (Å²) in [6.07, 6.45) is 3.24. The number of aromatic nitrogens is 1. The fourth-order valence-electron chi connectivity index (χ4n) is 2.34. The first-order valence-electron chi connectivity index (χ1n) is 7.59. The molecule has 2 aromatic rings. The fourth-order valence-corrected chi connectivity index (χ4v) is 2.34. The molecular weight excluding hydrogens is 248 g/mol. The molecule has 20 heavy (non-hydrogen) atoms. The van der Waals surface area contributed by atoms with Crippen molar-refractivity contribution >= 4 is 10.9 Å². The quantitative estimate of drug-likeness (QED) is 0.745. The number of ether oxygens (including phenoxy) is 1. The summed E-state index contributed by atoms with van der Waals surface area (Å²) in [5.41, 5.74) is 2.67. The van der Waals surface area contributed by atoms with Crippen LogP contribution in [0.2, 0.25) is 0 Å². The van der Waals surface area contributed by atoms with Crippen LogP contribution in [0.25, 0.3) is 10.9 Å². The zero-order valence-corrected chi connectivity index (χ0v) is 12.9. The Morgan fingerprint density at radius 3 is 2.85 bits per heavy atom. The molecule has 0 fully saturated rings. The van der Waals surface area contributed by atoms with Gasteiger partial charge in [0.25, 0.3) is 0 Å². The molecule has 0 unspecified atom stereocenters. The molecule has 0 radical (unpaired) electrons. The monoisotopic (exact) mass is 274 g/mol. The number of fused-ring (bicyclic) bond motifs is 1. The van der Waals surface area contributed by atoms with Crippen LogP contribution < -0.4 is 5.32 Å². The van der Waals surface area contributed by atoms with Crippen LogP contribution in [-0.2, 0) is 17.8 Å². The maximum Gasteiger partial charge on any atom is 0.0483 e. The van der Waals surface area contributed by atoms with E-state index in [1.165, 1.54) is 16.5 Å². The summed E-state index contributed by atoms with van der Waals surface area (Å²) in [6, 6.07) is 9.43. The van der Waals surface area contributed by atoms with Gasteiger partial charge in [-0.3, -0.25) is 0 Å². The fraction of sp³-hybridized carbons (Fsp3) is 0.529. The minimum Gasteiger partial charge on any atom is -0.382 e. The molecule has 2 rings (SSSR count). The van der Waals surface area contributed by atoms with Gasteiger partial charge in [0.1, 0.15) is 0 Å². The number of benzene rings is 1. The van der Waals surface area contributed by atoms with E-state index in [9.17, 15) is 0 Å². The summed E-state index contributed by atoms with van der Waals surface area (Å²) >= 11 is 0. The molecule has 0 atom stereocenters. The number of nitrogens with one attached hydrogen (secondary N) is 1. The van der Waals surface area contributed by atoms with Crippen molar-refractivity contribution in [1.29, 1.82) is 0 Å². The van der Waals surface area contributed by atoms with E-state index in [0.29, 0.717) is 6.04 Å². The highest BCUT2D eigenvalue weighted by Crippen LogP contribution is 2.18. The molecule has 3 nitrogen and oxygen atoms in total. The SMILES string of the molecule is CCOCCCn1ccc2ccc(CNC(C)C)cc21. The minimum atomic E-state index is 0.517. The van der Waals surface area contributed by atoms with Gasteiger partial charge >= 0.3 is 0 Å². The summed E-state index contributed by atoms with van der Waals surface area (Å²) in [7, 11) is 0. The van der Waals surface area contributed by atoms with Crippen molar-refractivity contribution in [2.75, 3.05) is 13.2 Å². The summed E-state index contributed by atoms with van der Waals surface area (Å²) in [6.45, 7) is 9.98. The molecule has 0 aliphatic carbocycles. The minimum absolute atomic E-state index is 0.517. The van der Waals surface area contributed by atoms with E-state index in [-0.39, 0.29) is 0 Å². The molecule has 1 heterocycles. The lowest BCUT2D eigenvalue weighted by Gasteiger charge is -2.10. The number of rotatable bonds is 8. The van der Waals surface area contributed by atoms with Gasteiger partial charge < -0.3 is 14.6 Å². The highest BCUT2D eigenvalue weighted by molar-refractivity contribution is 5.80. The molecule has 0 saturated carbocycles. The van der Waals surface area contributed by atoms with Crippen LogP contribution in [0.1, 0.15) is 32.8 Å². The predicted molar refractivity (Wildman–Crippen MR) is 85.0 cm³/mol. The van der Waals surface area contributed by atoms with E-state index in [1.807, 2.05) is 6.92 Å². The van der Waals surface area contributed by atoms with Gasteiger partial charge in [-0.1, -0.05) is 26.0 Å². The Balaban J connectivity index is 2.05. The summed E-state index contributed by atoms with van der Waals surface area (Å²) < 4.78 is 7.74. The Hall–Kier alpha value is -1.32. The zero-order chi connectivity index (χ0) is 14.4. The first-order chi connectivity index (χ1) is 9.70. The van der Waals surface area contributed by atoms with Gasteiger partial charge in [-0.25, -0.2) is 0 Å². The van der Waals surface area contributed by atoms with Crippen LogP contribution in [0.4, 0.5) is 0 Å². The van der Waals surface area contributed by atoms with Crippen LogP contribution in [0.5, 0.6) is 0 Å². The van der Waals surface area contributed by atoms with Gasteiger partial charge in [-0.05, 0) is 36.4 Å². The number of hydrogen-bond acceptors (Lipinski definition) is 2. The molecule has 0 amide bonds. The number of nitrogens with zero attached hydrogens (tertiary/aromatic N) is 1. The van der Waals surface area contributed by atoms with Crippen LogP contribution in [0.3, 0.4) is 0 Å². The highest BCUT2D eigenvalue weighted by atomic mass is 16.5. The van der Waals surface area contributed by atoms with E-state index >= 15 is 0 Å². The average molecular weight is 274 g/mol. The standard InChI is InChI=1S/C17H26N2O/c1-4-20-11-5-9-19-10-8-16-7-6-15(12-17(16)19)13-18-14(2)3/h6-8,10,12,14,18H,4-5,9,11,13H2,1-3H3. The van der Waals surface area contributed by atoms with Crippen LogP contribution in [0, 0.1) is 0 Å². The van der Waals surface area contributed by atoms with Crippen molar-refractivity contribution in [3.63, 3.8) is 0 Å². The second-order valence-electron chi connectivity index (χ2n) is 5.49. The molecular formula is C17H26N2O. The number of aryl methyl sites for hydroxylation is 1. The maximum absolute atomic E-state index is 5.41. The molecule has 1 aromatic carbocycles. The van der Waals surface area contributed by atoms with Crippen molar-refractivity contribution in [1.82, 2.24) is 9.88 Å². The molecule has 3 heteroatoms. The van der Waals surface area contributed by atoms with Crippen molar-refractivity contribution in [3.05, 3.63) is 36.0 Å².